The molecule has 2 fully saturated rings. The molecule has 4 amide bonds. The standard InChI is InChI=1S/C37H38N4O8/c1-24(5-4-8-33(43)40-22-27-7-3-2-6-26(27)19-30(40)23-42)37(47)31-20-29(39-16-18-49-36(39)46)13-14-32(31)41(34(37)44)21-25-9-11-28(12-10-25)38-15-17-48-35(38)45/h2-7,9-14,20,24,30,42,47H,8,15-19,21-23H2,1H3/b5-4+/t24-,30+,37+/m1/s1. The maximum Gasteiger partial charge on any atom is 0.414 e. The van der Waals surface area contributed by atoms with Crippen molar-refractivity contribution in [3.8, 4) is 0 Å². The Balaban J connectivity index is 1.13. The molecule has 49 heavy (non-hydrogen) atoms. The molecule has 4 aliphatic rings. The summed E-state index contributed by atoms with van der Waals surface area (Å²) in [6, 6.07) is 19.9. The highest BCUT2D eigenvalue weighted by molar-refractivity contribution is 6.08. The van der Waals surface area contributed by atoms with Gasteiger partial charge in [-0.2, -0.15) is 0 Å². The number of anilines is 3. The number of amides is 4. The Kier molecular flexibility index (Phi) is 8.59. The molecule has 0 unspecified atom stereocenters. The lowest BCUT2D eigenvalue weighted by molar-refractivity contribution is -0.139. The number of carbonyl (C=O) groups is 4. The molecular weight excluding hydrogens is 628 g/mol. The number of fused-ring (bicyclic) bond motifs is 2. The molecule has 3 atom stereocenters. The molecule has 3 aromatic rings. The molecule has 3 aromatic carbocycles. The molecular formula is C37H38N4O8. The average Bonchev–Trinajstić information content (AvgIpc) is 3.81. The molecule has 0 radical (unpaired) electrons. The molecule has 254 valence electrons. The van der Waals surface area contributed by atoms with Crippen LogP contribution in [0.2, 0.25) is 0 Å². The van der Waals surface area contributed by atoms with Gasteiger partial charge in [0.2, 0.25) is 5.91 Å². The van der Waals surface area contributed by atoms with Crippen LogP contribution in [0.4, 0.5) is 26.7 Å². The fourth-order valence-electron chi connectivity index (χ4n) is 7.15. The van der Waals surface area contributed by atoms with E-state index >= 15 is 0 Å². The van der Waals surface area contributed by atoms with Crippen LogP contribution < -0.4 is 14.7 Å². The highest BCUT2D eigenvalue weighted by Crippen LogP contribution is 2.47. The minimum atomic E-state index is -1.99. The van der Waals surface area contributed by atoms with Gasteiger partial charge in [0.05, 0.1) is 38.0 Å². The average molecular weight is 667 g/mol. The third-order valence-corrected chi connectivity index (χ3v) is 9.94. The van der Waals surface area contributed by atoms with Gasteiger partial charge in [-0.1, -0.05) is 55.5 Å². The smallest absolute Gasteiger partial charge is 0.414 e. The predicted octanol–water partition coefficient (Wildman–Crippen LogP) is 3.86. The van der Waals surface area contributed by atoms with Crippen molar-refractivity contribution >= 4 is 41.1 Å². The maximum atomic E-state index is 14.3. The summed E-state index contributed by atoms with van der Waals surface area (Å²) in [7, 11) is 0. The zero-order valence-electron chi connectivity index (χ0n) is 27.2. The van der Waals surface area contributed by atoms with Crippen molar-refractivity contribution < 1.29 is 38.9 Å². The number of ether oxygens (including phenoxy) is 2. The summed E-state index contributed by atoms with van der Waals surface area (Å²) in [5, 5.41) is 22.3. The number of aliphatic hydroxyl groups is 2. The lowest BCUT2D eigenvalue weighted by Crippen LogP contribution is -2.46. The Labute approximate surface area is 283 Å². The van der Waals surface area contributed by atoms with Crippen molar-refractivity contribution in [2.75, 3.05) is 47.6 Å². The van der Waals surface area contributed by atoms with Crippen molar-refractivity contribution in [3.63, 3.8) is 0 Å². The molecule has 0 aromatic heterocycles. The Morgan fingerprint density at radius 1 is 0.939 bits per heavy atom. The van der Waals surface area contributed by atoms with Crippen LogP contribution in [0.25, 0.3) is 0 Å². The summed E-state index contributed by atoms with van der Waals surface area (Å²) >= 11 is 0. The first-order chi connectivity index (χ1) is 23.7. The third kappa shape index (κ3) is 5.80. The number of carbonyl (C=O) groups excluding carboxylic acids is 4. The van der Waals surface area contributed by atoms with E-state index in [1.165, 1.54) is 14.7 Å². The molecule has 0 bridgehead atoms. The molecule has 0 spiro atoms. The molecule has 0 aliphatic carbocycles. The Morgan fingerprint density at radius 3 is 2.24 bits per heavy atom. The van der Waals surface area contributed by atoms with Crippen molar-refractivity contribution in [1.82, 2.24) is 4.90 Å². The summed E-state index contributed by atoms with van der Waals surface area (Å²) in [6.07, 6.45) is 3.03. The van der Waals surface area contributed by atoms with Gasteiger partial charge in [-0.05, 0) is 53.4 Å². The summed E-state index contributed by atoms with van der Waals surface area (Å²) in [6.45, 7) is 3.49. The normalized spacial score (nSPS) is 22.4. The monoisotopic (exact) mass is 666 g/mol. The van der Waals surface area contributed by atoms with Gasteiger partial charge in [0.15, 0.2) is 5.60 Å². The lowest BCUT2D eigenvalue weighted by Gasteiger charge is -2.36. The fraction of sp³-hybridized carbons (Fsp3) is 0.351. The highest BCUT2D eigenvalue weighted by atomic mass is 16.6. The number of hydrogen-bond acceptors (Lipinski definition) is 8. The lowest BCUT2D eigenvalue weighted by atomic mass is 9.82. The number of rotatable bonds is 9. The van der Waals surface area contributed by atoms with Crippen molar-refractivity contribution in [2.45, 2.75) is 44.5 Å². The van der Waals surface area contributed by atoms with E-state index in [1.807, 2.05) is 36.4 Å². The summed E-state index contributed by atoms with van der Waals surface area (Å²) in [5.74, 6) is -1.45. The molecule has 2 N–H and O–H groups in total. The Bertz CT molecular complexity index is 1830. The molecule has 12 heteroatoms. The third-order valence-electron chi connectivity index (χ3n) is 9.94. The van der Waals surface area contributed by atoms with E-state index < -0.39 is 29.6 Å². The van der Waals surface area contributed by atoms with Gasteiger partial charge in [0, 0.05) is 35.8 Å². The van der Waals surface area contributed by atoms with Crippen LogP contribution in [-0.2, 0) is 44.2 Å². The molecule has 4 heterocycles. The van der Waals surface area contributed by atoms with Crippen molar-refractivity contribution in [3.05, 3.63) is 101 Å². The first-order valence-corrected chi connectivity index (χ1v) is 16.5. The van der Waals surface area contributed by atoms with E-state index in [1.54, 1.807) is 54.3 Å². The van der Waals surface area contributed by atoms with E-state index in [9.17, 15) is 29.4 Å². The maximum absolute atomic E-state index is 14.3. The number of cyclic esters (lactones) is 2. The second kappa shape index (κ2) is 13.0. The number of benzene rings is 3. The molecule has 12 nitrogen and oxygen atoms in total. The fourth-order valence-corrected chi connectivity index (χ4v) is 7.15. The van der Waals surface area contributed by atoms with Gasteiger partial charge in [0.1, 0.15) is 13.2 Å². The highest BCUT2D eigenvalue weighted by Gasteiger charge is 2.53. The number of nitrogens with zero attached hydrogens (tertiary/aromatic N) is 4. The first-order valence-electron chi connectivity index (χ1n) is 16.5. The predicted molar refractivity (Wildman–Crippen MR) is 180 cm³/mol. The van der Waals surface area contributed by atoms with Gasteiger partial charge in [-0.15, -0.1) is 0 Å². The zero-order chi connectivity index (χ0) is 34.3. The summed E-state index contributed by atoms with van der Waals surface area (Å²) in [4.78, 5) is 58.2. The molecule has 0 saturated carbocycles. The van der Waals surface area contributed by atoms with Gasteiger partial charge in [0.25, 0.3) is 5.91 Å². The van der Waals surface area contributed by atoms with E-state index in [0.717, 1.165) is 16.7 Å². The van der Waals surface area contributed by atoms with Crippen LogP contribution in [0.5, 0.6) is 0 Å². The van der Waals surface area contributed by atoms with E-state index in [0.29, 0.717) is 55.3 Å². The summed E-state index contributed by atoms with van der Waals surface area (Å²) < 4.78 is 10.2. The van der Waals surface area contributed by atoms with E-state index in [2.05, 4.69) is 0 Å². The van der Waals surface area contributed by atoms with E-state index in [4.69, 9.17) is 9.47 Å². The minimum absolute atomic E-state index is 0.0282. The van der Waals surface area contributed by atoms with Crippen LogP contribution in [-0.4, -0.2) is 78.1 Å². The van der Waals surface area contributed by atoms with Crippen LogP contribution in [0.1, 0.15) is 35.6 Å². The van der Waals surface area contributed by atoms with Crippen LogP contribution in [0, 0.1) is 5.92 Å². The van der Waals surface area contributed by atoms with Crippen molar-refractivity contribution in [2.24, 2.45) is 5.92 Å². The van der Waals surface area contributed by atoms with Crippen LogP contribution in [0.15, 0.2) is 78.9 Å². The SMILES string of the molecule is C[C@H](/C=C/CC(=O)N1Cc2ccccc2C[C@H]1CO)[C@@]1(O)C(=O)N(Cc2ccc(N3CCOC3=O)cc2)c2ccc(N3CCOC3=O)cc21. The molecule has 7 rings (SSSR count). The van der Waals surface area contributed by atoms with Gasteiger partial charge >= 0.3 is 12.2 Å². The van der Waals surface area contributed by atoms with Crippen LogP contribution >= 0.6 is 0 Å². The molecule has 2 saturated heterocycles. The zero-order valence-corrected chi connectivity index (χ0v) is 27.2. The first kappa shape index (κ1) is 32.4. The molecule has 4 aliphatic heterocycles. The van der Waals surface area contributed by atoms with Crippen molar-refractivity contribution in [1.29, 1.82) is 0 Å². The quantitative estimate of drug-likeness (QED) is 0.328. The Morgan fingerprint density at radius 2 is 1.59 bits per heavy atom. The topological polar surface area (TPSA) is 140 Å². The van der Waals surface area contributed by atoms with Gasteiger partial charge in [-0.3, -0.25) is 19.4 Å². The minimum Gasteiger partial charge on any atom is -0.447 e. The number of hydrogen-bond donors (Lipinski definition) is 2. The van der Waals surface area contributed by atoms with Crippen LogP contribution in [0.3, 0.4) is 0 Å². The van der Waals surface area contributed by atoms with Gasteiger partial charge in [-0.25, -0.2) is 9.59 Å². The Hall–Kier alpha value is -5.20. The second-order valence-corrected chi connectivity index (χ2v) is 12.8. The number of aliphatic hydroxyl groups excluding tert-OH is 1. The largest absolute Gasteiger partial charge is 0.447 e. The van der Waals surface area contributed by atoms with E-state index in [-0.39, 0.29) is 38.1 Å². The van der Waals surface area contributed by atoms with Gasteiger partial charge < -0.3 is 29.5 Å². The summed E-state index contributed by atoms with van der Waals surface area (Å²) in [5.41, 5.74) is 2.99. The second-order valence-electron chi connectivity index (χ2n) is 12.8.